The molecule has 0 amide bonds. The van der Waals surface area contributed by atoms with Gasteiger partial charge >= 0.3 is 59.1 Å². The fourth-order valence-electron chi connectivity index (χ4n) is 8.74. The molecule has 0 radical (unpaired) electrons. The SMILES string of the molecule is O=S(=O)(O)c1cc([O-])c2cc(N=Nc3ccc4c(O)c(Nc5nc(Cl)nc(Nc6ccc(Nc7nc(Cl)nc(Nc8c(S(=O)(=O)O)cc9cc(N=Nc%10ccc%11cc(S(=O)(=O)O)cc([O-])c%11c%10)ccc9c8O)n7)cc6)n5)c(S(=O)(=O)O)cc4c3)ccc2c1.[Na+].[Na+]. The molecule has 2 aromatic heterocycles. The maximum absolute atomic E-state index is 12.8. The minimum atomic E-state index is -5.09. The zero-order chi connectivity index (χ0) is 62.8. The summed E-state index contributed by atoms with van der Waals surface area (Å²) in [5.74, 6) is -3.93. The molecule has 0 aliphatic heterocycles. The fourth-order valence-corrected chi connectivity index (χ4v) is 11.5. The van der Waals surface area contributed by atoms with Gasteiger partial charge in [0, 0.05) is 22.1 Å². The van der Waals surface area contributed by atoms with E-state index in [0.29, 0.717) is 11.4 Å². The Morgan fingerprint density at radius 3 is 1.02 bits per heavy atom. The first-order valence-corrected chi connectivity index (χ1v) is 30.8. The third kappa shape index (κ3) is 14.7. The summed E-state index contributed by atoms with van der Waals surface area (Å²) in [5, 5.41) is 75.6. The van der Waals surface area contributed by atoms with Gasteiger partial charge in [-0.15, -0.1) is 0 Å². The second-order valence-electron chi connectivity index (χ2n) is 18.5. The minimum absolute atomic E-state index is 0. The van der Waals surface area contributed by atoms with Crippen LogP contribution in [0.15, 0.2) is 173 Å². The van der Waals surface area contributed by atoms with Crippen molar-refractivity contribution in [2.24, 2.45) is 20.5 Å². The van der Waals surface area contributed by atoms with Gasteiger partial charge in [-0.3, -0.25) is 18.2 Å². The van der Waals surface area contributed by atoms with E-state index in [-0.39, 0.29) is 137 Å². The first kappa shape index (κ1) is 66.3. The zero-order valence-electron chi connectivity index (χ0n) is 45.3. The van der Waals surface area contributed by atoms with Crippen molar-refractivity contribution in [1.29, 1.82) is 0 Å². The number of hydrogen-bond acceptors (Lipinski definition) is 26. The molecule has 11 aromatic rings. The summed E-state index contributed by atoms with van der Waals surface area (Å²) in [6, 6.07) is 28.5. The second-order valence-corrected chi connectivity index (χ2v) is 24.8. The van der Waals surface area contributed by atoms with Crippen molar-refractivity contribution < 1.29 is 131 Å². The number of aromatic hydroxyl groups is 2. The molecule has 0 saturated heterocycles. The average molecular weight is 1350 g/mol. The normalized spacial score (nSPS) is 12.2. The predicted molar refractivity (Wildman–Crippen MR) is 315 cm³/mol. The van der Waals surface area contributed by atoms with Gasteiger partial charge in [0.2, 0.25) is 34.4 Å². The van der Waals surface area contributed by atoms with Crippen LogP contribution in [0.4, 0.5) is 69.3 Å². The number of azo groups is 2. The van der Waals surface area contributed by atoms with Gasteiger partial charge < -0.3 is 41.7 Å². The Morgan fingerprint density at radius 1 is 0.367 bits per heavy atom. The Balaban J connectivity index is 0.00000480. The quantitative estimate of drug-likeness (QED) is 0.0278. The summed E-state index contributed by atoms with van der Waals surface area (Å²) >= 11 is 12.5. The molecule has 0 saturated carbocycles. The van der Waals surface area contributed by atoms with Crippen molar-refractivity contribution in [2.75, 3.05) is 21.3 Å². The minimum Gasteiger partial charge on any atom is -0.872 e. The van der Waals surface area contributed by atoms with E-state index in [1.54, 1.807) is 0 Å². The summed E-state index contributed by atoms with van der Waals surface area (Å²) in [7, 11) is -19.5. The number of nitrogens with zero attached hydrogens (tertiary/aromatic N) is 10. The smallest absolute Gasteiger partial charge is 0.872 e. The van der Waals surface area contributed by atoms with Crippen molar-refractivity contribution in [2.45, 2.75) is 19.6 Å². The number of benzene rings is 9. The van der Waals surface area contributed by atoms with E-state index in [4.69, 9.17) is 23.2 Å². The number of halogens is 2. The van der Waals surface area contributed by atoms with Gasteiger partial charge in [-0.1, -0.05) is 23.6 Å². The molecule has 0 aliphatic carbocycles. The Kier molecular flexibility index (Phi) is 18.9. The fraction of sp³-hybridized carbons (Fsp3) is 0. The first-order valence-electron chi connectivity index (χ1n) is 24.3. The van der Waals surface area contributed by atoms with Gasteiger partial charge in [-0.25, -0.2) is 0 Å². The third-order valence-electron chi connectivity index (χ3n) is 12.7. The van der Waals surface area contributed by atoms with Crippen LogP contribution in [0.1, 0.15) is 0 Å². The standard InChI is InChI=1S/C52H34Cl2N14O16S4.2Na/c53-47-59-49(63-51(61-47)57-43-41(87(79,80)81)17-25-13-29(9-11-35(25)45(43)71)65-67-31-3-1-23-15-33(85(73,74)75)21-39(69)37(23)19-31)55-27-5-7-28(8-6-27)56-50-60-48(54)62-52(64-50)58-44-42(88(82,83)84)18-26-14-30(10-12-36(26)46(44)72)66-68-32-4-2-24-16-34(86(76,77)78)22-40(70)38(24)20-32;;/h1-22,69-72H,(H,73,74,75)(H,76,77,78)(H,79,80,81)(H,82,83,84)(H2,55,57,59,61,63)(H2,56,58,60,62,64);;/q;2*+1/p-2. The predicted octanol–water partition coefficient (Wildman–Crippen LogP) is 4.33. The van der Waals surface area contributed by atoms with Crippen LogP contribution in [0.25, 0.3) is 43.1 Å². The van der Waals surface area contributed by atoms with Crippen LogP contribution in [0.5, 0.6) is 23.0 Å². The van der Waals surface area contributed by atoms with Crippen LogP contribution in [-0.2, 0) is 40.5 Å². The van der Waals surface area contributed by atoms with E-state index in [2.05, 4.69) is 71.6 Å². The van der Waals surface area contributed by atoms with Crippen molar-refractivity contribution in [1.82, 2.24) is 29.9 Å². The molecular formula is C52H32Cl2N14Na2O16S4. The maximum Gasteiger partial charge on any atom is 1.00 e. The molecule has 446 valence electrons. The zero-order valence-corrected chi connectivity index (χ0v) is 54.1. The molecule has 38 heteroatoms. The molecule has 9 aromatic carbocycles. The second kappa shape index (κ2) is 25.6. The Labute approximate surface area is 560 Å². The summed E-state index contributed by atoms with van der Waals surface area (Å²) in [4.78, 5) is 21.7. The number of nitrogens with one attached hydrogen (secondary N) is 4. The van der Waals surface area contributed by atoms with Gasteiger partial charge in [0.25, 0.3) is 40.5 Å². The molecule has 0 fully saturated rings. The van der Waals surface area contributed by atoms with E-state index in [1.165, 1.54) is 97.1 Å². The van der Waals surface area contributed by atoms with Crippen LogP contribution in [-0.4, -0.2) is 92.0 Å². The van der Waals surface area contributed by atoms with E-state index >= 15 is 0 Å². The van der Waals surface area contributed by atoms with Gasteiger partial charge in [0.15, 0.2) is 0 Å². The molecule has 0 atom stereocenters. The Hall–Kier alpha value is -8.14. The van der Waals surface area contributed by atoms with Crippen molar-refractivity contribution in [3.63, 3.8) is 0 Å². The molecule has 0 spiro atoms. The number of fused-ring (bicyclic) bond motifs is 4. The average Bonchev–Trinajstić information content (AvgIpc) is 0.814. The summed E-state index contributed by atoms with van der Waals surface area (Å²) < 4.78 is 137. The summed E-state index contributed by atoms with van der Waals surface area (Å²) in [5.41, 5.74) is 0.175. The van der Waals surface area contributed by atoms with E-state index in [0.717, 1.165) is 36.4 Å². The molecule has 0 bridgehead atoms. The molecular weight excluding hydrogens is 1320 g/mol. The van der Waals surface area contributed by atoms with Gasteiger partial charge in [0.05, 0.1) is 32.5 Å². The molecule has 0 unspecified atom stereocenters. The van der Waals surface area contributed by atoms with Crippen LogP contribution in [0.3, 0.4) is 0 Å². The van der Waals surface area contributed by atoms with E-state index in [9.17, 15) is 72.3 Å². The molecule has 2 heterocycles. The van der Waals surface area contributed by atoms with Crippen LogP contribution < -0.4 is 90.6 Å². The number of phenols is 2. The molecule has 90 heavy (non-hydrogen) atoms. The molecule has 30 nitrogen and oxygen atoms in total. The summed E-state index contributed by atoms with van der Waals surface area (Å²) in [6.07, 6.45) is 0. The van der Waals surface area contributed by atoms with Crippen molar-refractivity contribution in [3.05, 3.63) is 144 Å². The van der Waals surface area contributed by atoms with Crippen LogP contribution in [0.2, 0.25) is 10.6 Å². The first-order chi connectivity index (χ1) is 41.5. The van der Waals surface area contributed by atoms with Gasteiger partial charge in [0.1, 0.15) is 32.7 Å². The van der Waals surface area contributed by atoms with Crippen LogP contribution in [0, 0.1) is 0 Å². The summed E-state index contributed by atoms with van der Waals surface area (Å²) in [6.45, 7) is 0. The largest absolute Gasteiger partial charge is 1.00 e. The van der Waals surface area contributed by atoms with Gasteiger partial charge in [-0.2, -0.15) is 84.0 Å². The van der Waals surface area contributed by atoms with Gasteiger partial charge in [-0.05, 0) is 177 Å². The number of hydrogen-bond donors (Lipinski definition) is 10. The number of anilines is 8. The Morgan fingerprint density at radius 2 is 0.689 bits per heavy atom. The molecule has 10 N–H and O–H groups in total. The number of aromatic nitrogens is 6. The topological polar surface area (TPSA) is 479 Å². The molecule has 0 aliphatic rings. The van der Waals surface area contributed by atoms with Crippen molar-refractivity contribution >= 4 is 176 Å². The maximum atomic E-state index is 12.8. The number of rotatable bonds is 16. The Bertz CT molecular complexity index is 5020. The van der Waals surface area contributed by atoms with E-state index < -0.39 is 117 Å². The van der Waals surface area contributed by atoms with Crippen LogP contribution >= 0.6 is 23.2 Å². The molecule has 11 rings (SSSR count). The van der Waals surface area contributed by atoms with E-state index in [1.807, 2.05) is 0 Å². The third-order valence-corrected chi connectivity index (χ3v) is 16.4. The number of phenolic OH excluding ortho intramolecular Hbond substituents is 2. The van der Waals surface area contributed by atoms with Crippen molar-refractivity contribution in [3.8, 4) is 23.0 Å². The monoisotopic (exact) mass is 1350 g/mol.